The van der Waals surface area contributed by atoms with Crippen LogP contribution in [0.5, 0.6) is 0 Å². The topological polar surface area (TPSA) is 99.0 Å². The molecule has 31 heavy (non-hydrogen) atoms. The Kier molecular flexibility index (Phi) is 6.45. The maximum Gasteiger partial charge on any atom is 0.348 e. The van der Waals surface area contributed by atoms with Gasteiger partial charge in [0.05, 0.1) is 24.0 Å². The van der Waals surface area contributed by atoms with Crippen LogP contribution in [0.15, 0.2) is 18.3 Å². The fraction of sp³-hybridized carbons (Fsp3) is 0.364. The molecule has 0 unspecified atom stereocenters. The number of fused-ring (bicyclic) bond motifs is 1. The zero-order valence-electron chi connectivity index (χ0n) is 18.4. The van der Waals surface area contributed by atoms with Gasteiger partial charge in [0, 0.05) is 6.20 Å². The molecular formula is C22H25N3O5S. The molecule has 1 amide bonds. The average molecular weight is 444 g/mol. The molecule has 0 aliphatic heterocycles. The Morgan fingerprint density at radius 2 is 1.90 bits per heavy atom. The van der Waals surface area contributed by atoms with Crippen molar-refractivity contribution in [1.29, 1.82) is 0 Å². The number of nitrogens with one attached hydrogen (secondary N) is 1. The monoisotopic (exact) mass is 443 g/mol. The summed E-state index contributed by atoms with van der Waals surface area (Å²) in [6.45, 7) is 10.7. The van der Waals surface area contributed by atoms with E-state index in [4.69, 9.17) is 9.47 Å². The van der Waals surface area contributed by atoms with E-state index < -0.39 is 17.8 Å². The van der Waals surface area contributed by atoms with Gasteiger partial charge < -0.3 is 14.8 Å². The highest BCUT2D eigenvalue weighted by Crippen LogP contribution is 2.35. The summed E-state index contributed by atoms with van der Waals surface area (Å²) in [6.07, 6.45) is 1.46. The second-order valence-corrected chi connectivity index (χ2v) is 8.39. The Morgan fingerprint density at radius 3 is 2.55 bits per heavy atom. The molecule has 8 nitrogen and oxygen atoms in total. The molecule has 0 aliphatic carbocycles. The Bertz CT molecular complexity index is 1180. The molecule has 3 heterocycles. The summed E-state index contributed by atoms with van der Waals surface area (Å²) >= 11 is 0.993. The molecule has 3 rings (SSSR count). The average Bonchev–Trinajstić information content (AvgIpc) is 3.16. The number of esters is 2. The zero-order chi connectivity index (χ0) is 22.9. The normalized spacial score (nSPS) is 11.1. The van der Waals surface area contributed by atoms with Gasteiger partial charge in [-0.15, -0.1) is 11.3 Å². The maximum absolute atomic E-state index is 13.2. The van der Waals surface area contributed by atoms with Crippen LogP contribution in [0.3, 0.4) is 0 Å². The van der Waals surface area contributed by atoms with Crippen molar-refractivity contribution < 1.29 is 23.9 Å². The minimum absolute atomic E-state index is 0.151. The van der Waals surface area contributed by atoms with Crippen LogP contribution in [0.4, 0.5) is 5.00 Å². The number of thiophene rings is 1. The zero-order valence-corrected chi connectivity index (χ0v) is 19.2. The predicted octanol–water partition coefficient (Wildman–Crippen LogP) is 4.32. The Labute approximate surface area is 184 Å². The SMILES string of the molecule is CCOC(=O)c1c(NC(=O)c2c(C)nc3cc(C)ccn23)sc(C(=O)OC(C)C)c1C. The predicted molar refractivity (Wildman–Crippen MR) is 118 cm³/mol. The summed E-state index contributed by atoms with van der Waals surface area (Å²) in [4.78, 5) is 43.0. The number of pyridine rings is 1. The van der Waals surface area contributed by atoms with Crippen molar-refractivity contribution in [3.63, 3.8) is 0 Å². The molecule has 0 aliphatic rings. The van der Waals surface area contributed by atoms with Crippen LogP contribution in [-0.2, 0) is 9.47 Å². The van der Waals surface area contributed by atoms with E-state index in [9.17, 15) is 14.4 Å². The molecule has 164 valence electrons. The number of hydrogen-bond acceptors (Lipinski definition) is 7. The molecule has 0 radical (unpaired) electrons. The van der Waals surface area contributed by atoms with Crippen molar-refractivity contribution in [2.24, 2.45) is 0 Å². The van der Waals surface area contributed by atoms with E-state index in [0.29, 0.717) is 22.6 Å². The number of carbonyl (C=O) groups is 3. The first-order valence-corrected chi connectivity index (χ1v) is 10.7. The second kappa shape index (κ2) is 8.89. The van der Waals surface area contributed by atoms with Crippen molar-refractivity contribution >= 4 is 39.8 Å². The number of hydrogen-bond donors (Lipinski definition) is 1. The quantitative estimate of drug-likeness (QED) is 0.570. The highest BCUT2D eigenvalue weighted by Gasteiger charge is 2.29. The third kappa shape index (κ3) is 4.46. The molecule has 1 N–H and O–H groups in total. The number of amides is 1. The molecule has 0 saturated carbocycles. The molecular weight excluding hydrogens is 418 g/mol. The van der Waals surface area contributed by atoms with E-state index in [-0.39, 0.29) is 28.2 Å². The van der Waals surface area contributed by atoms with Crippen molar-refractivity contribution in [1.82, 2.24) is 9.38 Å². The molecule has 3 aromatic rings. The summed E-state index contributed by atoms with van der Waals surface area (Å²) in [6, 6.07) is 3.76. The van der Waals surface area contributed by atoms with Gasteiger partial charge in [-0.1, -0.05) is 0 Å². The van der Waals surface area contributed by atoms with Crippen LogP contribution in [-0.4, -0.2) is 39.9 Å². The van der Waals surface area contributed by atoms with Gasteiger partial charge in [0.2, 0.25) is 0 Å². The van der Waals surface area contributed by atoms with E-state index in [2.05, 4.69) is 10.3 Å². The van der Waals surface area contributed by atoms with Crippen molar-refractivity contribution in [2.45, 2.75) is 47.6 Å². The molecule has 9 heteroatoms. The van der Waals surface area contributed by atoms with Crippen LogP contribution in [0, 0.1) is 20.8 Å². The van der Waals surface area contributed by atoms with E-state index in [1.165, 1.54) is 0 Å². The number of carbonyl (C=O) groups excluding carboxylic acids is 3. The molecule has 3 aromatic heterocycles. The molecule has 0 spiro atoms. The number of anilines is 1. The first-order chi connectivity index (χ1) is 14.6. The van der Waals surface area contributed by atoms with Gasteiger partial charge in [-0.2, -0.15) is 0 Å². The summed E-state index contributed by atoms with van der Waals surface area (Å²) in [5.74, 6) is -1.60. The van der Waals surface area contributed by atoms with Gasteiger partial charge in [0.1, 0.15) is 21.2 Å². The van der Waals surface area contributed by atoms with E-state index in [1.54, 1.807) is 45.2 Å². The smallest absolute Gasteiger partial charge is 0.348 e. The largest absolute Gasteiger partial charge is 0.462 e. The van der Waals surface area contributed by atoms with E-state index in [1.807, 2.05) is 19.1 Å². The fourth-order valence-corrected chi connectivity index (χ4v) is 4.29. The van der Waals surface area contributed by atoms with Gasteiger partial charge >= 0.3 is 11.9 Å². The first-order valence-electron chi connectivity index (χ1n) is 9.92. The highest BCUT2D eigenvalue weighted by atomic mass is 32.1. The van der Waals surface area contributed by atoms with Crippen LogP contribution < -0.4 is 5.32 Å². The van der Waals surface area contributed by atoms with Crippen molar-refractivity contribution in [2.75, 3.05) is 11.9 Å². The number of aryl methyl sites for hydroxylation is 2. The lowest BCUT2D eigenvalue weighted by atomic mass is 10.1. The van der Waals surface area contributed by atoms with Crippen molar-refractivity contribution in [3.05, 3.63) is 51.3 Å². The summed E-state index contributed by atoms with van der Waals surface area (Å²) in [5, 5.41) is 3.01. The van der Waals surface area contributed by atoms with Crippen LogP contribution in [0.2, 0.25) is 0 Å². The third-order valence-electron chi connectivity index (χ3n) is 4.55. The Balaban J connectivity index is 2.04. The summed E-state index contributed by atoms with van der Waals surface area (Å²) in [7, 11) is 0. The summed E-state index contributed by atoms with van der Waals surface area (Å²) in [5.41, 5.74) is 3.14. The molecule has 0 atom stereocenters. The number of rotatable bonds is 6. The number of imidazole rings is 1. The number of nitrogens with zero attached hydrogens (tertiary/aromatic N) is 2. The minimum Gasteiger partial charge on any atom is -0.462 e. The molecule has 0 bridgehead atoms. The van der Waals surface area contributed by atoms with Gasteiger partial charge in [-0.3, -0.25) is 9.20 Å². The van der Waals surface area contributed by atoms with Crippen LogP contribution >= 0.6 is 11.3 Å². The highest BCUT2D eigenvalue weighted by molar-refractivity contribution is 7.18. The lowest BCUT2D eigenvalue weighted by Crippen LogP contribution is -2.17. The summed E-state index contributed by atoms with van der Waals surface area (Å²) < 4.78 is 12.1. The first kappa shape index (κ1) is 22.5. The lowest BCUT2D eigenvalue weighted by Gasteiger charge is -2.08. The Morgan fingerprint density at radius 1 is 1.19 bits per heavy atom. The van der Waals surface area contributed by atoms with Crippen molar-refractivity contribution in [3.8, 4) is 0 Å². The molecule has 0 aromatic carbocycles. The van der Waals surface area contributed by atoms with Crippen LogP contribution in [0.1, 0.15) is 68.1 Å². The van der Waals surface area contributed by atoms with Gasteiger partial charge in [0.25, 0.3) is 5.91 Å². The molecule has 0 fully saturated rings. The van der Waals surface area contributed by atoms with Gasteiger partial charge in [-0.25, -0.2) is 14.6 Å². The number of ether oxygens (including phenoxy) is 2. The maximum atomic E-state index is 13.2. The lowest BCUT2D eigenvalue weighted by molar-refractivity contribution is 0.0383. The molecule has 0 saturated heterocycles. The number of aromatic nitrogens is 2. The third-order valence-corrected chi connectivity index (χ3v) is 5.74. The minimum atomic E-state index is -0.611. The van der Waals surface area contributed by atoms with Gasteiger partial charge in [0.15, 0.2) is 0 Å². The van der Waals surface area contributed by atoms with E-state index >= 15 is 0 Å². The Hall–Kier alpha value is -3.20. The fourth-order valence-electron chi connectivity index (χ4n) is 3.21. The van der Waals surface area contributed by atoms with Crippen LogP contribution in [0.25, 0.3) is 5.65 Å². The standard InChI is InChI=1S/C22H25N3O5S/c1-7-29-21(27)16-13(5)18(22(28)30-11(2)3)31-20(16)24-19(26)17-14(6)23-15-10-12(4)8-9-25(15)17/h8-11H,7H2,1-6H3,(H,24,26). The van der Waals surface area contributed by atoms with E-state index in [0.717, 1.165) is 16.9 Å². The second-order valence-electron chi connectivity index (χ2n) is 7.37. The van der Waals surface area contributed by atoms with Gasteiger partial charge in [-0.05, 0) is 64.8 Å².